The highest BCUT2D eigenvalue weighted by atomic mass is 16.5. The number of nitrogens with zero attached hydrogens (tertiary/aromatic N) is 3. The van der Waals surface area contributed by atoms with Gasteiger partial charge in [0.25, 0.3) is 0 Å². The Balaban J connectivity index is 2.03. The van der Waals surface area contributed by atoms with Crippen molar-refractivity contribution in [3.8, 4) is 0 Å². The third kappa shape index (κ3) is 2.38. The Morgan fingerprint density at radius 3 is 3.20 bits per heavy atom. The van der Waals surface area contributed by atoms with Crippen molar-refractivity contribution in [2.24, 2.45) is 5.73 Å². The Hall–Kier alpha value is -0.875. The van der Waals surface area contributed by atoms with Gasteiger partial charge in [-0.3, -0.25) is 0 Å². The van der Waals surface area contributed by atoms with E-state index in [1.54, 1.807) is 0 Å². The molecular formula is C9H17BN4O. The van der Waals surface area contributed by atoms with Crippen molar-refractivity contribution >= 4 is 7.41 Å². The fourth-order valence-corrected chi connectivity index (χ4v) is 2.06. The van der Waals surface area contributed by atoms with E-state index in [0.29, 0.717) is 18.3 Å². The zero-order valence-corrected chi connectivity index (χ0v) is 9.15. The van der Waals surface area contributed by atoms with Gasteiger partial charge in [0.2, 0.25) is 13.3 Å². The van der Waals surface area contributed by atoms with E-state index in [2.05, 4.69) is 21.8 Å². The van der Waals surface area contributed by atoms with Crippen LogP contribution in [0.4, 0.5) is 0 Å². The molecule has 15 heavy (non-hydrogen) atoms. The Bertz CT molecular complexity index is 317. The van der Waals surface area contributed by atoms with Crippen molar-refractivity contribution in [1.29, 1.82) is 0 Å². The maximum atomic E-state index is 5.45. The number of piperidine rings is 1. The molecule has 1 aliphatic heterocycles. The maximum Gasteiger partial charge on any atom is 0.231 e. The number of nitrogens with two attached hydrogens (primary N) is 1. The predicted molar refractivity (Wildman–Crippen MR) is 58.8 cm³/mol. The van der Waals surface area contributed by atoms with Gasteiger partial charge >= 0.3 is 0 Å². The van der Waals surface area contributed by atoms with Crippen LogP contribution in [0.1, 0.15) is 30.5 Å². The normalized spacial score (nSPS) is 22.9. The van der Waals surface area contributed by atoms with E-state index in [9.17, 15) is 0 Å². The third-order valence-corrected chi connectivity index (χ3v) is 2.97. The van der Waals surface area contributed by atoms with E-state index in [1.165, 1.54) is 13.0 Å². The smallest absolute Gasteiger partial charge is 0.231 e. The first kappa shape index (κ1) is 10.6. The monoisotopic (exact) mass is 208 g/mol. The van der Waals surface area contributed by atoms with Crippen LogP contribution in [-0.2, 0) is 6.54 Å². The quantitative estimate of drug-likeness (QED) is 0.714. The molecule has 1 aromatic heterocycles. The summed E-state index contributed by atoms with van der Waals surface area (Å²) in [6.07, 6.45) is 2.35. The number of hydrogen-bond acceptors (Lipinski definition) is 5. The lowest BCUT2D eigenvalue weighted by Crippen LogP contribution is -2.36. The minimum absolute atomic E-state index is 0.355. The molecule has 2 heterocycles. The average Bonchev–Trinajstić information content (AvgIpc) is 2.78. The molecule has 0 aliphatic carbocycles. The maximum absolute atomic E-state index is 5.45. The molecular weight excluding hydrogens is 191 g/mol. The van der Waals surface area contributed by atoms with Crippen LogP contribution in [0.25, 0.3) is 0 Å². The molecule has 0 bridgehead atoms. The van der Waals surface area contributed by atoms with Gasteiger partial charge in [0.15, 0.2) is 5.82 Å². The minimum atomic E-state index is 0.355. The van der Waals surface area contributed by atoms with Crippen LogP contribution in [0, 0.1) is 0 Å². The number of aromatic nitrogens is 2. The molecule has 5 nitrogen and oxygen atoms in total. The molecule has 0 radical (unpaired) electrons. The van der Waals surface area contributed by atoms with Gasteiger partial charge in [-0.25, -0.2) is 0 Å². The molecule has 1 unspecified atom stereocenters. The van der Waals surface area contributed by atoms with Gasteiger partial charge in [0.1, 0.15) is 0 Å². The first-order chi connectivity index (χ1) is 7.33. The van der Waals surface area contributed by atoms with E-state index < -0.39 is 0 Å². The summed E-state index contributed by atoms with van der Waals surface area (Å²) in [5.74, 6) is 1.76. The molecule has 82 valence electrons. The highest BCUT2D eigenvalue weighted by Gasteiger charge is 2.24. The summed E-state index contributed by atoms with van der Waals surface area (Å²) in [6.45, 7) is 4.75. The molecule has 0 amide bonds. The molecule has 2 rings (SSSR count). The molecule has 1 fully saturated rings. The summed E-state index contributed by atoms with van der Waals surface area (Å²) in [5, 5.41) is 3.83. The second-order valence-electron chi connectivity index (χ2n) is 3.99. The van der Waals surface area contributed by atoms with Crippen molar-refractivity contribution in [1.82, 2.24) is 15.0 Å². The lowest BCUT2D eigenvalue weighted by atomic mass is 9.88. The molecule has 0 spiro atoms. The van der Waals surface area contributed by atoms with Gasteiger partial charge in [-0.2, -0.15) is 4.98 Å². The summed E-state index contributed by atoms with van der Waals surface area (Å²) < 4.78 is 5.22. The fraction of sp³-hybridized carbons (Fsp3) is 0.778. The molecule has 2 N–H and O–H groups in total. The molecule has 0 aromatic carbocycles. The zero-order valence-electron chi connectivity index (χ0n) is 9.15. The van der Waals surface area contributed by atoms with E-state index >= 15 is 0 Å². The van der Waals surface area contributed by atoms with Crippen molar-refractivity contribution in [2.45, 2.75) is 32.1 Å². The van der Waals surface area contributed by atoms with Crippen LogP contribution < -0.4 is 5.73 Å². The van der Waals surface area contributed by atoms with Crippen LogP contribution >= 0.6 is 0 Å². The second-order valence-corrected chi connectivity index (χ2v) is 3.99. The van der Waals surface area contributed by atoms with E-state index in [1.807, 2.05) is 0 Å². The van der Waals surface area contributed by atoms with Gasteiger partial charge in [0.05, 0.1) is 12.5 Å². The van der Waals surface area contributed by atoms with Crippen LogP contribution in [0.15, 0.2) is 4.52 Å². The Morgan fingerprint density at radius 1 is 1.67 bits per heavy atom. The standard InChI is InChI=1S/C9H17BN4O/c1-10-14-4-2-3-7(6-14)9-12-8(5-11)13-15-9/h7,10H,2-6,11H2,1H3. The van der Waals surface area contributed by atoms with Gasteiger partial charge in [-0.1, -0.05) is 12.0 Å². The Kier molecular flexibility index (Phi) is 3.38. The van der Waals surface area contributed by atoms with Gasteiger partial charge in [-0.05, 0) is 25.9 Å². The average molecular weight is 208 g/mol. The first-order valence-corrected chi connectivity index (χ1v) is 5.58. The molecule has 6 heteroatoms. The molecule has 1 atom stereocenters. The van der Waals surface area contributed by atoms with Crippen LogP contribution in [-0.4, -0.2) is 35.5 Å². The van der Waals surface area contributed by atoms with Gasteiger partial charge in [0, 0.05) is 0 Å². The van der Waals surface area contributed by atoms with Crippen molar-refractivity contribution in [2.75, 3.05) is 13.1 Å². The topological polar surface area (TPSA) is 68.2 Å². The molecule has 1 saturated heterocycles. The molecule has 1 aromatic rings. The van der Waals surface area contributed by atoms with E-state index in [-0.39, 0.29) is 0 Å². The van der Waals surface area contributed by atoms with Crippen LogP contribution in [0.3, 0.4) is 0 Å². The SMILES string of the molecule is CBN1CCCC(c2nc(CN)no2)C1. The summed E-state index contributed by atoms with van der Waals surface area (Å²) in [5.41, 5.74) is 5.45. The van der Waals surface area contributed by atoms with Crippen molar-refractivity contribution < 1.29 is 4.52 Å². The molecule has 1 aliphatic rings. The number of hydrogen-bond donors (Lipinski definition) is 1. The second kappa shape index (κ2) is 4.76. The summed E-state index contributed by atoms with van der Waals surface area (Å²) in [7, 11) is 1.09. The zero-order chi connectivity index (χ0) is 10.7. The predicted octanol–water partition coefficient (Wildman–Crippen LogP) is 0.107. The van der Waals surface area contributed by atoms with Crippen LogP contribution in [0.5, 0.6) is 0 Å². The first-order valence-electron chi connectivity index (χ1n) is 5.58. The highest BCUT2D eigenvalue weighted by molar-refractivity contribution is 6.29. The van der Waals surface area contributed by atoms with Gasteiger partial charge < -0.3 is 15.1 Å². The van der Waals surface area contributed by atoms with E-state index in [4.69, 9.17) is 10.3 Å². The summed E-state index contributed by atoms with van der Waals surface area (Å²) in [6, 6.07) is 0. The lowest BCUT2D eigenvalue weighted by Gasteiger charge is -2.29. The highest BCUT2D eigenvalue weighted by Crippen LogP contribution is 2.24. The van der Waals surface area contributed by atoms with Gasteiger partial charge in [-0.15, -0.1) is 0 Å². The van der Waals surface area contributed by atoms with Crippen molar-refractivity contribution in [3.05, 3.63) is 11.7 Å². The van der Waals surface area contributed by atoms with Crippen LogP contribution in [0.2, 0.25) is 6.82 Å². The summed E-state index contributed by atoms with van der Waals surface area (Å²) in [4.78, 5) is 6.71. The Morgan fingerprint density at radius 2 is 2.53 bits per heavy atom. The van der Waals surface area contributed by atoms with E-state index in [0.717, 1.165) is 26.3 Å². The molecule has 0 saturated carbocycles. The van der Waals surface area contributed by atoms with Crippen molar-refractivity contribution in [3.63, 3.8) is 0 Å². The largest absolute Gasteiger partial charge is 0.345 e. The Labute approximate surface area is 90.3 Å². The fourth-order valence-electron chi connectivity index (χ4n) is 2.06. The lowest BCUT2D eigenvalue weighted by molar-refractivity contribution is 0.268. The summed E-state index contributed by atoms with van der Waals surface area (Å²) >= 11 is 0. The minimum Gasteiger partial charge on any atom is -0.345 e. The number of rotatable bonds is 3. The third-order valence-electron chi connectivity index (χ3n) is 2.97.